The molecule has 0 saturated heterocycles. The van der Waals surface area contributed by atoms with Crippen molar-refractivity contribution in [2.24, 2.45) is 0 Å². The number of aromatic nitrogens is 2. The standard InChI is InChI=1S/C16H13N3O2/c1-10-6-2-4-8-12(10)17-14-11-7-3-5-9-13(11)18-15(19-14)16(20)21/h2-9H,1H3,(H,20,21)(H,17,18,19). The molecule has 0 aliphatic rings. The molecule has 0 spiro atoms. The molecular formula is C16H13N3O2. The number of nitrogens with one attached hydrogen (secondary N) is 1. The molecule has 3 rings (SSSR count). The number of hydrogen-bond donors (Lipinski definition) is 2. The lowest BCUT2D eigenvalue weighted by Crippen LogP contribution is -2.07. The molecule has 3 aromatic rings. The Kier molecular flexibility index (Phi) is 3.23. The number of aromatic carboxylic acids is 1. The summed E-state index contributed by atoms with van der Waals surface area (Å²) in [5.74, 6) is -0.870. The van der Waals surface area contributed by atoms with E-state index in [4.69, 9.17) is 5.11 Å². The van der Waals surface area contributed by atoms with Gasteiger partial charge in [0, 0.05) is 11.1 Å². The Hall–Kier alpha value is -2.95. The summed E-state index contributed by atoms with van der Waals surface area (Å²) in [4.78, 5) is 19.3. The van der Waals surface area contributed by atoms with Gasteiger partial charge >= 0.3 is 5.97 Å². The predicted molar refractivity (Wildman–Crippen MR) is 81.0 cm³/mol. The number of benzene rings is 2. The average Bonchev–Trinajstić information content (AvgIpc) is 2.49. The van der Waals surface area contributed by atoms with Crippen LogP contribution in [0, 0.1) is 6.92 Å². The van der Waals surface area contributed by atoms with Gasteiger partial charge in [0.05, 0.1) is 5.52 Å². The number of fused-ring (bicyclic) bond motifs is 1. The Labute approximate surface area is 121 Å². The van der Waals surface area contributed by atoms with Crippen molar-refractivity contribution in [1.82, 2.24) is 9.97 Å². The van der Waals surface area contributed by atoms with E-state index in [0.717, 1.165) is 16.6 Å². The first-order valence-corrected chi connectivity index (χ1v) is 6.48. The molecule has 0 amide bonds. The second-order valence-electron chi connectivity index (χ2n) is 4.66. The highest BCUT2D eigenvalue weighted by Gasteiger charge is 2.13. The predicted octanol–water partition coefficient (Wildman–Crippen LogP) is 3.38. The highest BCUT2D eigenvalue weighted by molar-refractivity contribution is 5.94. The van der Waals surface area contributed by atoms with Gasteiger partial charge in [-0.2, -0.15) is 0 Å². The number of nitrogens with zero attached hydrogens (tertiary/aromatic N) is 2. The number of aryl methyl sites for hydroxylation is 1. The summed E-state index contributed by atoms with van der Waals surface area (Å²) in [6.07, 6.45) is 0. The lowest BCUT2D eigenvalue weighted by molar-refractivity contribution is 0.0684. The van der Waals surface area contributed by atoms with E-state index >= 15 is 0 Å². The summed E-state index contributed by atoms with van der Waals surface area (Å²) in [5, 5.41) is 13.1. The maximum Gasteiger partial charge on any atom is 0.374 e. The maximum absolute atomic E-state index is 11.2. The first-order chi connectivity index (χ1) is 10.1. The van der Waals surface area contributed by atoms with E-state index < -0.39 is 5.97 Å². The average molecular weight is 279 g/mol. The third-order valence-corrected chi connectivity index (χ3v) is 3.19. The molecule has 5 nitrogen and oxygen atoms in total. The first-order valence-electron chi connectivity index (χ1n) is 6.48. The fourth-order valence-corrected chi connectivity index (χ4v) is 2.11. The molecule has 5 heteroatoms. The van der Waals surface area contributed by atoms with Gasteiger partial charge in [-0.3, -0.25) is 0 Å². The SMILES string of the molecule is Cc1ccccc1Nc1nc(C(=O)O)nc2ccccc12. The summed E-state index contributed by atoms with van der Waals surface area (Å²) >= 11 is 0. The summed E-state index contributed by atoms with van der Waals surface area (Å²) in [6, 6.07) is 15.1. The van der Waals surface area contributed by atoms with Gasteiger partial charge in [-0.05, 0) is 30.7 Å². The molecule has 0 saturated carbocycles. The largest absolute Gasteiger partial charge is 0.475 e. The third kappa shape index (κ3) is 2.53. The number of carbonyl (C=O) groups is 1. The van der Waals surface area contributed by atoms with Crippen molar-refractivity contribution in [1.29, 1.82) is 0 Å². The van der Waals surface area contributed by atoms with Gasteiger partial charge in [0.15, 0.2) is 0 Å². The van der Waals surface area contributed by atoms with Crippen molar-refractivity contribution in [3.05, 3.63) is 59.9 Å². The van der Waals surface area contributed by atoms with Crippen LogP contribution in [0.2, 0.25) is 0 Å². The maximum atomic E-state index is 11.2. The fourth-order valence-electron chi connectivity index (χ4n) is 2.11. The summed E-state index contributed by atoms with van der Waals surface area (Å²) in [5.41, 5.74) is 2.54. The number of anilines is 2. The Morgan fingerprint density at radius 3 is 2.52 bits per heavy atom. The van der Waals surface area contributed by atoms with Crippen molar-refractivity contribution < 1.29 is 9.90 Å². The number of hydrogen-bond acceptors (Lipinski definition) is 4. The fraction of sp³-hybridized carbons (Fsp3) is 0.0625. The monoisotopic (exact) mass is 279 g/mol. The van der Waals surface area contributed by atoms with E-state index in [9.17, 15) is 4.79 Å². The topological polar surface area (TPSA) is 75.1 Å². The van der Waals surface area contributed by atoms with Gasteiger partial charge in [0.2, 0.25) is 5.82 Å². The summed E-state index contributed by atoms with van der Waals surface area (Å²) in [7, 11) is 0. The van der Waals surface area contributed by atoms with E-state index in [0.29, 0.717) is 11.3 Å². The Bertz CT molecular complexity index is 831. The highest BCUT2D eigenvalue weighted by Crippen LogP contribution is 2.25. The minimum absolute atomic E-state index is 0.218. The van der Waals surface area contributed by atoms with Crippen LogP contribution in [0.1, 0.15) is 16.2 Å². The molecule has 0 radical (unpaired) electrons. The van der Waals surface area contributed by atoms with Crippen LogP contribution in [0.4, 0.5) is 11.5 Å². The van der Waals surface area contributed by atoms with Crippen molar-refractivity contribution in [3.8, 4) is 0 Å². The van der Waals surface area contributed by atoms with E-state index in [1.807, 2.05) is 49.4 Å². The quantitative estimate of drug-likeness (QED) is 0.768. The molecular weight excluding hydrogens is 266 g/mol. The zero-order chi connectivity index (χ0) is 14.8. The van der Waals surface area contributed by atoms with E-state index in [1.54, 1.807) is 6.07 Å². The second kappa shape index (κ2) is 5.20. The van der Waals surface area contributed by atoms with Crippen molar-refractivity contribution in [3.63, 3.8) is 0 Å². The highest BCUT2D eigenvalue weighted by atomic mass is 16.4. The van der Waals surface area contributed by atoms with E-state index in [1.165, 1.54) is 0 Å². The normalized spacial score (nSPS) is 10.5. The number of rotatable bonds is 3. The molecule has 0 aliphatic heterocycles. The third-order valence-electron chi connectivity index (χ3n) is 3.19. The smallest absolute Gasteiger partial charge is 0.374 e. The van der Waals surface area contributed by atoms with Crippen LogP contribution in [0.5, 0.6) is 0 Å². The minimum Gasteiger partial charge on any atom is -0.475 e. The summed E-state index contributed by atoms with van der Waals surface area (Å²) < 4.78 is 0. The van der Waals surface area contributed by atoms with Gasteiger partial charge in [-0.25, -0.2) is 14.8 Å². The second-order valence-corrected chi connectivity index (χ2v) is 4.66. The lowest BCUT2D eigenvalue weighted by Gasteiger charge is -2.11. The molecule has 1 heterocycles. The number of carboxylic acids is 1. The molecule has 104 valence electrons. The molecule has 1 aromatic heterocycles. The van der Waals surface area contributed by atoms with Gasteiger partial charge in [-0.1, -0.05) is 30.3 Å². The Morgan fingerprint density at radius 2 is 1.76 bits per heavy atom. The summed E-state index contributed by atoms with van der Waals surface area (Å²) in [6.45, 7) is 1.98. The van der Waals surface area contributed by atoms with Crippen LogP contribution in [0.15, 0.2) is 48.5 Å². The van der Waals surface area contributed by atoms with Crippen LogP contribution in [-0.4, -0.2) is 21.0 Å². The molecule has 0 atom stereocenters. The van der Waals surface area contributed by atoms with E-state index in [2.05, 4.69) is 15.3 Å². The lowest BCUT2D eigenvalue weighted by atomic mass is 10.2. The van der Waals surface area contributed by atoms with Crippen molar-refractivity contribution >= 4 is 28.4 Å². The van der Waals surface area contributed by atoms with E-state index in [-0.39, 0.29) is 5.82 Å². The molecule has 0 fully saturated rings. The van der Waals surface area contributed by atoms with Gasteiger partial charge < -0.3 is 10.4 Å². The van der Waals surface area contributed by atoms with Crippen LogP contribution in [0.25, 0.3) is 10.9 Å². The number of carboxylic acid groups (broad SMARTS) is 1. The first kappa shape index (κ1) is 13.1. The molecule has 21 heavy (non-hydrogen) atoms. The molecule has 0 unspecified atom stereocenters. The molecule has 2 aromatic carbocycles. The zero-order valence-corrected chi connectivity index (χ0v) is 11.4. The van der Waals surface area contributed by atoms with Crippen molar-refractivity contribution in [2.75, 3.05) is 5.32 Å². The Morgan fingerprint density at radius 1 is 1.05 bits per heavy atom. The van der Waals surface area contributed by atoms with Crippen molar-refractivity contribution in [2.45, 2.75) is 6.92 Å². The molecule has 0 bridgehead atoms. The van der Waals surface area contributed by atoms with Gasteiger partial charge in [0.1, 0.15) is 5.82 Å². The molecule has 2 N–H and O–H groups in total. The number of para-hydroxylation sites is 2. The molecule has 0 aliphatic carbocycles. The van der Waals surface area contributed by atoms with Gasteiger partial charge in [-0.15, -0.1) is 0 Å². The minimum atomic E-state index is -1.14. The van der Waals surface area contributed by atoms with Gasteiger partial charge in [0.25, 0.3) is 0 Å². The van der Waals surface area contributed by atoms with Crippen LogP contribution >= 0.6 is 0 Å². The van der Waals surface area contributed by atoms with Crippen LogP contribution < -0.4 is 5.32 Å². The van der Waals surface area contributed by atoms with Crippen LogP contribution in [-0.2, 0) is 0 Å². The Balaban J connectivity index is 2.16. The zero-order valence-electron chi connectivity index (χ0n) is 11.4. The van der Waals surface area contributed by atoms with Crippen LogP contribution in [0.3, 0.4) is 0 Å².